The van der Waals surface area contributed by atoms with Crippen LogP contribution in [0.25, 0.3) is 0 Å². The van der Waals surface area contributed by atoms with Gasteiger partial charge in [0.05, 0.1) is 23.9 Å². The van der Waals surface area contributed by atoms with Gasteiger partial charge in [0.15, 0.2) is 0 Å². The fraction of sp³-hybridized carbons (Fsp3) is 0.0625. The van der Waals surface area contributed by atoms with Crippen molar-refractivity contribution in [3.8, 4) is 5.75 Å². The summed E-state index contributed by atoms with van der Waals surface area (Å²) in [6, 6.07) is 10.4. The highest BCUT2D eigenvalue weighted by Crippen LogP contribution is 2.33. The zero-order valence-corrected chi connectivity index (χ0v) is 13.2. The van der Waals surface area contributed by atoms with Crippen molar-refractivity contribution in [3.05, 3.63) is 65.2 Å². The average Bonchev–Trinajstić information content (AvgIpc) is 2.63. The summed E-state index contributed by atoms with van der Waals surface area (Å²) < 4.78 is 5.09. The third kappa shape index (κ3) is 3.78. The number of pyridine rings is 1. The predicted octanol–water partition coefficient (Wildman–Crippen LogP) is 3.28. The molecule has 9 nitrogen and oxygen atoms in total. The van der Waals surface area contributed by atoms with Crippen LogP contribution in [0.4, 0.5) is 28.7 Å². The van der Waals surface area contributed by atoms with Crippen LogP contribution in [0.1, 0.15) is 0 Å². The minimum Gasteiger partial charge on any atom is -0.497 e. The summed E-state index contributed by atoms with van der Waals surface area (Å²) in [7, 11) is 1.56. The first kappa shape index (κ1) is 16.1. The van der Waals surface area contributed by atoms with Gasteiger partial charge in [0, 0.05) is 11.9 Å². The Balaban J connectivity index is 1.93. The van der Waals surface area contributed by atoms with E-state index in [2.05, 4.69) is 25.6 Å². The van der Waals surface area contributed by atoms with Gasteiger partial charge in [-0.2, -0.15) is 0 Å². The number of methoxy groups -OCH3 is 1. The molecule has 3 rings (SSSR count). The zero-order chi connectivity index (χ0) is 17.6. The van der Waals surface area contributed by atoms with Gasteiger partial charge >= 0.3 is 5.69 Å². The summed E-state index contributed by atoms with van der Waals surface area (Å²) in [5, 5.41) is 17.3. The third-order valence-electron chi connectivity index (χ3n) is 3.28. The highest BCUT2D eigenvalue weighted by Gasteiger charge is 2.23. The smallest absolute Gasteiger partial charge is 0.353 e. The van der Waals surface area contributed by atoms with Crippen molar-refractivity contribution < 1.29 is 9.66 Å². The molecule has 9 heteroatoms. The number of hydrogen-bond acceptors (Lipinski definition) is 8. The maximum Gasteiger partial charge on any atom is 0.353 e. The monoisotopic (exact) mass is 338 g/mol. The van der Waals surface area contributed by atoms with Gasteiger partial charge in [0.25, 0.3) is 0 Å². The molecule has 0 spiro atoms. The molecular formula is C16H14N6O3. The first-order valence-electron chi connectivity index (χ1n) is 7.25. The minimum atomic E-state index is -0.537. The lowest BCUT2D eigenvalue weighted by Gasteiger charge is -2.10. The molecule has 25 heavy (non-hydrogen) atoms. The lowest BCUT2D eigenvalue weighted by molar-refractivity contribution is -0.383. The van der Waals surface area contributed by atoms with Crippen LogP contribution in [0.5, 0.6) is 5.75 Å². The molecule has 0 radical (unpaired) electrons. The highest BCUT2D eigenvalue weighted by molar-refractivity contribution is 5.76. The topological polar surface area (TPSA) is 115 Å². The van der Waals surface area contributed by atoms with Crippen LogP contribution in [0.15, 0.2) is 55.1 Å². The molecule has 0 bridgehead atoms. The molecule has 126 valence electrons. The Morgan fingerprint density at radius 1 is 1.04 bits per heavy atom. The molecule has 0 aliphatic heterocycles. The number of benzene rings is 1. The molecule has 0 atom stereocenters. The Bertz CT molecular complexity index is 871. The van der Waals surface area contributed by atoms with Crippen LogP contribution >= 0.6 is 0 Å². The van der Waals surface area contributed by atoms with Crippen molar-refractivity contribution in [2.45, 2.75) is 0 Å². The standard InChI is InChI=1S/C16H14N6O3/c1-25-13-6-4-11(5-7-13)20-15-14(22(23)24)16(19-10-18-15)21-12-3-2-8-17-9-12/h2-10H,1H3,(H2,18,19,20,21). The van der Waals surface area contributed by atoms with Crippen LogP contribution in [-0.4, -0.2) is 27.0 Å². The molecule has 0 amide bonds. The quantitative estimate of drug-likeness (QED) is 0.520. The third-order valence-corrected chi connectivity index (χ3v) is 3.28. The number of rotatable bonds is 6. The number of nitrogens with zero attached hydrogens (tertiary/aromatic N) is 4. The number of ether oxygens (including phenoxy) is 1. The highest BCUT2D eigenvalue weighted by atomic mass is 16.6. The Morgan fingerprint density at radius 2 is 1.72 bits per heavy atom. The van der Waals surface area contributed by atoms with E-state index >= 15 is 0 Å². The summed E-state index contributed by atoms with van der Waals surface area (Å²) in [5.74, 6) is 0.835. The summed E-state index contributed by atoms with van der Waals surface area (Å²) in [5.41, 5.74) is 0.955. The number of anilines is 4. The van der Waals surface area contributed by atoms with Crippen molar-refractivity contribution in [2.24, 2.45) is 0 Å². The van der Waals surface area contributed by atoms with E-state index in [-0.39, 0.29) is 17.3 Å². The van der Waals surface area contributed by atoms with Gasteiger partial charge in [-0.15, -0.1) is 0 Å². The Morgan fingerprint density at radius 3 is 2.28 bits per heavy atom. The fourth-order valence-corrected chi connectivity index (χ4v) is 2.12. The first-order valence-corrected chi connectivity index (χ1v) is 7.25. The van der Waals surface area contributed by atoms with E-state index in [1.807, 2.05) is 0 Å². The largest absolute Gasteiger partial charge is 0.497 e. The summed E-state index contributed by atoms with van der Waals surface area (Å²) in [4.78, 5) is 22.9. The normalized spacial score (nSPS) is 10.1. The van der Waals surface area contributed by atoms with E-state index in [1.54, 1.807) is 55.9 Å². The van der Waals surface area contributed by atoms with Crippen LogP contribution < -0.4 is 15.4 Å². The number of aromatic nitrogens is 3. The minimum absolute atomic E-state index is 0.0732. The molecule has 0 aliphatic rings. The van der Waals surface area contributed by atoms with Crippen LogP contribution in [-0.2, 0) is 0 Å². The van der Waals surface area contributed by atoms with Crippen molar-refractivity contribution in [2.75, 3.05) is 17.7 Å². The molecule has 0 unspecified atom stereocenters. The van der Waals surface area contributed by atoms with E-state index in [4.69, 9.17) is 4.74 Å². The number of hydrogen-bond donors (Lipinski definition) is 2. The van der Waals surface area contributed by atoms with Gasteiger partial charge in [-0.3, -0.25) is 15.1 Å². The van der Waals surface area contributed by atoms with E-state index in [0.717, 1.165) is 0 Å². The fourth-order valence-electron chi connectivity index (χ4n) is 2.12. The maximum atomic E-state index is 11.5. The van der Waals surface area contributed by atoms with E-state index < -0.39 is 4.92 Å². The summed E-state index contributed by atoms with van der Waals surface area (Å²) in [6.07, 6.45) is 4.40. The van der Waals surface area contributed by atoms with Gasteiger partial charge in [0.1, 0.15) is 12.1 Å². The zero-order valence-electron chi connectivity index (χ0n) is 13.2. The van der Waals surface area contributed by atoms with E-state index in [1.165, 1.54) is 6.33 Å². The summed E-state index contributed by atoms with van der Waals surface area (Å²) in [6.45, 7) is 0. The lowest BCUT2D eigenvalue weighted by atomic mass is 10.3. The second-order valence-electron chi connectivity index (χ2n) is 4.90. The molecule has 2 N–H and O–H groups in total. The van der Waals surface area contributed by atoms with Gasteiger partial charge in [0.2, 0.25) is 11.6 Å². The molecule has 2 aromatic heterocycles. The molecule has 0 fully saturated rings. The Hall–Kier alpha value is -3.75. The van der Waals surface area contributed by atoms with Crippen LogP contribution in [0.2, 0.25) is 0 Å². The van der Waals surface area contributed by atoms with Crippen LogP contribution in [0, 0.1) is 10.1 Å². The van der Waals surface area contributed by atoms with Gasteiger partial charge in [-0.05, 0) is 36.4 Å². The van der Waals surface area contributed by atoms with E-state index in [9.17, 15) is 10.1 Å². The number of nitro groups is 1. The molecule has 0 saturated carbocycles. The van der Waals surface area contributed by atoms with E-state index in [0.29, 0.717) is 17.1 Å². The predicted molar refractivity (Wildman–Crippen MR) is 92.5 cm³/mol. The lowest BCUT2D eigenvalue weighted by Crippen LogP contribution is -2.05. The van der Waals surface area contributed by atoms with Crippen molar-refractivity contribution in [1.29, 1.82) is 0 Å². The average molecular weight is 338 g/mol. The summed E-state index contributed by atoms with van der Waals surface area (Å²) >= 11 is 0. The molecule has 0 aliphatic carbocycles. The van der Waals surface area contributed by atoms with Gasteiger partial charge in [-0.25, -0.2) is 9.97 Å². The molecular weight excluding hydrogens is 324 g/mol. The maximum absolute atomic E-state index is 11.5. The SMILES string of the molecule is COc1ccc(Nc2ncnc(Nc3cccnc3)c2[N+](=O)[O-])cc1. The number of nitrogens with one attached hydrogen (secondary N) is 2. The van der Waals surface area contributed by atoms with Crippen molar-refractivity contribution in [1.82, 2.24) is 15.0 Å². The molecule has 3 aromatic rings. The van der Waals surface area contributed by atoms with Crippen LogP contribution in [0.3, 0.4) is 0 Å². The molecule has 2 heterocycles. The second-order valence-corrected chi connectivity index (χ2v) is 4.90. The van der Waals surface area contributed by atoms with Crippen molar-refractivity contribution >= 4 is 28.7 Å². The van der Waals surface area contributed by atoms with Gasteiger partial charge < -0.3 is 15.4 Å². The molecule has 1 aromatic carbocycles. The Labute approximate surface area is 142 Å². The molecule has 0 saturated heterocycles. The van der Waals surface area contributed by atoms with Crippen molar-refractivity contribution in [3.63, 3.8) is 0 Å². The Kier molecular flexibility index (Phi) is 4.65. The first-order chi connectivity index (χ1) is 12.2. The second kappa shape index (κ2) is 7.21. The van der Waals surface area contributed by atoms with Gasteiger partial charge in [-0.1, -0.05) is 0 Å².